The third kappa shape index (κ3) is 2.80. The Balaban J connectivity index is 1.66. The number of benzene rings is 2. The molecular weight excluding hydrogens is 356 g/mol. The van der Waals surface area contributed by atoms with Crippen LogP contribution in [0.15, 0.2) is 42.5 Å². The SMILES string of the molecule is CN1CCc2c(c3cc(Cl)ccc3n2CC2(O)CCCc3ccccc32)C1. The molecule has 2 aliphatic rings. The highest BCUT2D eigenvalue weighted by Gasteiger charge is 2.36. The van der Waals surface area contributed by atoms with Gasteiger partial charge in [-0.05, 0) is 61.2 Å². The van der Waals surface area contributed by atoms with Crippen molar-refractivity contribution in [3.05, 3.63) is 69.9 Å². The number of fused-ring (bicyclic) bond motifs is 4. The summed E-state index contributed by atoms with van der Waals surface area (Å²) >= 11 is 6.32. The molecule has 0 spiro atoms. The van der Waals surface area contributed by atoms with E-state index < -0.39 is 5.60 Å². The van der Waals surface area contributed by atoms with Gasteiger partial charge >= 0.3 is 0 Å². The summed E-state index contributed by atoms with van der Waals surface area (Å²) in [5.41, 5.74) is 5.51. The average molecular weight is 381 g/mol. The van der Waals surface area contributed by atoms with E-state index in [-0.39, 0.29) is 0 Å². The minimum absolute atomic E-state index is 0.612. The van der Waals surface area contributed by atoms with Crippen molar-refractivity contribution in [1.82, 2.24) is 9.47 Å². The fourth-order valence-corrected chi connectivity index (χ4v) is 5.23. The zero-order valence-electron chi connectivity index (χ0n) is 15.7. The highest BCUT2D eigenvalue weighted by Crippen LogP contribution is 2.40. The van der Waals surface area contributed by atoms with E-state index in [1.807, 2.05) is 12.1 Å². The van der Waals surface area contributed by atoms with Crippen LogP contribution in [0.1, 0.15) is 35.2 Å². The van der Waals surface area contributed by atoms with Crippen LogP contribution < -0.4 is 0 Å². The molecule has 27 heavy (non-hydrogen) atoms. The molecule has 2 aromatic carbocycles. The predicted octanol–water partition coefficient (Wildman–Crippen LogP) is 4.51. The van der Waals surface area contributed by atoms with Crippen molar-refractivity contribution in [1.29, 1.82) is 0 Å². The summed E-state index contributed by atoms with van der Waals surface area (Å²) in [6.45, 7) is 2.60. The molecule has 1 unspecified atom stereocenters. The fraction of sp³-hybridized carbons (Fsp3) is 0.391. The zero-order chi connectivity index (χ0) is 18.6. The minimum atomic E-state index is -0.808. The molecule has 4 heteroatoms. The maximum absolute atomic E-state index is 11.7. The lowest BCUT2D eigenvalue weighted by Crippen LogP contribution is -2.36. The molecule has 0 radical (unpaired) electrons. The molecule has 0 saturated heterocycles. The molecule has 1 atom stereocenters. The van der Waals surface area contributed by atoms with Gasteiger partial charge in [0.25, 0.3) is 0 Å². The van der Waals surface area contributed by atoms with Gasteiger partial charge in [-0.25, -0.2) is 0 Å². The van der Waals surface area contributed by atoms with Gasteiger partial charge in [0.1, 0.15) is 5.60 Å². The Morgan fingerprint density at radius 3 is 2.89 bits per heavy atom. The third-order valence-corrected chi connectivity index (χ3v) is 6.62. The van der Waals surface area contributed by atoms with Crippen molar-refractivity contribution in [3.63, 3.8) is 0 Å². The topological polar surface area (TPSA) is 28.4 Å². The second kappa shape index (κ2) is 6.37. The maximum Gasteiger partial charge on any atom is 0.108 e. The van der Waals surface area contributed by atoms with Gasteiger partial charge in [-0.2, -0.15) is 0 Å². The number of aromatic nitrogens is 1. The van der Waals surface area contributed by atoms with Crippen LogP contribution in [-0.2, 0) is 31.5 Å². The molecule has 0 fully saturated rings. The van der Waals surface area contributed by atoms with Crippen LogP contribution in [0.25, 0.3) is 10.9 Å². The molecule has 0 bridgehead atoms. The number of halogens is 1. The fourth-order valence-electron chi connectivity index (χ4n) is 5.06. The Morgan fingerprint density at radius 1 is 1.15 bits per heavy atom. The van der Waals surface area contributed by atoms with Crippen molar-refractivity contribution in [2.45, 2.75) is 44.4 Å². The molecule has 0 amide bonds. The summed E-state index contributed by atoms with van der Waals surface area (Å²) in [6, 6.07) is 14.6. The van der Waals surface area contributed by atoms with Crippen molar-refractivity contribution < 1.29 is 5.11 Å². The summed E-state index contributed by atoms with van der Waals surface area (Å²) in [5, 5.41) is 13.7. The largest absolute Gasteiger partial charge is 0.383 e. The van der Waals surface area contributed by atoms with Crippen LogP contribution in [0.4, 0.5) is 0 Å². The van der Waals surface area contributed by atoms with E-state index in [0.717, 1.165) is 49.4 Å². The van der Waals surface area contributed by atoms with Gasteiger partial charge in [-0.3, -0.25) is 0 Å². The van der Waals surface area contributed by atoms with E-state index in [1.54, 1.807) is 0 Å². The number of aryl methyl sites for hydroxylation is 1. The quantitative estimate of drug-likeness (QED) is 0.708. The van der Waals surface area contributed by atoms with Gasteiger partial charge < -0.3 is 14.6 Å². The monoisotopic (exact) mass is 380 g/mol. The zero-order valence-corrected chi connectivity index (χ0v) is 16.5. The first kappa shape index (κ1) is 17.3. The highest BCUT2D eigenvalue weighted by molar-refractivity contribution is 6.31. The van der Waals surface area contributed by atoms with E-state index >= 15 is 0 Å². The average Bonchev–Trinajstić information content (AvgIpc) is 2.94. The first-order valence-corrected chi connectivity index (χ1v) is 10.2. The summed E-state index contributed by atoms with van der Waals surface area (Å²) in [4.78, 5) is 2.36. The lowest BCUT2D eigenvalue weighted by molar-refractivity contribution is 0.00176. The molecule has 3 aromatic rings. The lowest BCUT2D eigenvalue weighted by atomic mass is 9.79. The molecular formula is C23H25ClN2O. The number of likely N-dealkylation sites (N-methyl/N-ethyl adjacent to an activating group) is 1. The van der Waals surface area contributed by atoms with Gasteiger partial charge in [-0.1, -0.05) is 35.9 Å². The molecule has 0 saturated carbocycles. The van der Waals surface area contributed by atoms with Crippen LogP contribution in [-0.4, -0.2) is 28.2 Å². The van der Waals surface area contributed by atoms with E-state index in [9.17, 15) is 5.11 Å². The Kier molecular flexibility index (Phi) is 4.08. The molecule has 1 aromatic heterocycles. The molecule has 3 nitrogen and oxygen atoms in total. The van der Waals surface area contributed by atoms with Crippen LogP contribution in [0.5, 0.6) is 0 Å². The first-order valence-electron chi connectivity index (χ1n) is 9.84. The second-order valence-corrected chi connectivity index (χ2v) is 8.64. The van der Waals surface area contributed by atoms with Crippen LogP contribution in [0.2, 0.25) is 5.02 Å². The Hall–Kier alpha value is -1.81. The summed E-state index contributed by atoms with van der Waals surface area (Å²) in [5.74, 6) is 0. The van der Waals surface area contributed by atoms with Gasteiger partial charge in [-0.15, -0.1) is 0 Å². The second-order valence-electron chi connectivity index (χ2n) is 8.20. The van der Waals surface area contributed by atoms with Gasteiger partial charge in [0, 0.05) is 41.1 Å². The number of hydrogen-bond donors (Lipinski definition) is 1. The Morgan fingerprint density at radius 2 is 2.00 bits per heavy atom. The number of hydrogen-bond acceptors (Lipinski definition) is 2. The summed E-state index contributed by atoms with van der Waals surface area (Å²) in [7, 11) is 2.17. The Bertz CT molecular complexity index is 1020. The predicted molar refractivity (Wildman–Crippen MR) is 110 cm³/mol. The normalized spacial score (nSPS) is 22.6. The van der Waals surface area contributed by atoms with Crippen LogP contribution in [0, 0.1) is 0 Å². The summed E-state index contributed by atoms with van der Waals surface area (Å²) in [6.07, 6.45) is 3.91. The lowest BCUT2D eigenvalue weighted by Gasteiger charge is -2.36. The number of rotatable bonds is 2. The summed E-state index contributed by atoms with van der Waals surface area (Å²) < 4.78 is 2.37. The van der Waals surface area contributed by atoms with Crippen molar-refractivity contribution in [3.8, 4) is 0 Å². The number of nitrogens with zero attached hydrogens (tertiary/aromatic N) is 2. The molecule has 140 valence electrons. The van der Waals surface area contributed by atoms with Crippen LogP contribution >= 0.6 is 11.6 Å². The van der Waals surface area contributed by atoms with Crippen molar-refractivity contribution in [2.75, 3.05) is 13.6 Å². The Labute approximate surface area is 165 Å². The first-order chi connectivity index (χ1) is 13.0. The van der Waals surface area contributed by atoms with E-state index in [1.165, 1.54) is 27.7 Å². The molecule has 2 heterocycles. The van der Waals surface area contributed by atoms with Gasteiger partial charge in [0.15, 0.2) is 0 Å². The molecule has 1 aliphatic carbocycles. The van der Waals surface area contributed by atoms with E-state index in [4.69, 9.17) is 11.6 Å². The highest BCUT2D eigenvalue weighted by atomic mass is 35.5. The van der Waals surface area contributed by atoms with Crippen LogP contribution in [0.3, 0.4) is 0 Å². The third-order valence-electron chi connectivity index (χ3n) is 6.38. The molecule has 1 aliphatic heterocycles. The molecule has 5 rings (SSSR count). The molecule has 1 N–H and O–H groups in total. The van der Waals surface area contributed by atoms with Gasteiger partial charge in [0.05, 0.1) is 6.54 Å². The number of aliphatic hydroxyl groups is 1. The van der Waals surface area contributed by atoms with Crippen molar-refractivity contribution in [2.24, 2.45) is 0 Å². The smallest absolute Gasteiger partial charge is 0.108 e. The standard InChI is InChI=1S/C23H25ClN2O/c1-25-12-10-22-19(14-25)18-13-17(24)8-9-21(18)26(22)15-23(27)11-4-6-16-5-2-3-7-20(16)23/h2-3,5,7-9,13,27H,4,6,10-12,14-15H2,1H3. The minimum Gasteiger partial charge on any atom is -0.383 e. The van der Waals surface area contributed by atoms with E-state index in [2.05, 4.69) is 46.8 Å². The van der Waals surface area contributed by atoms with Gasteiger partial charge in [0.2, 0.25) is 0 Å². The maximum atomic E-state index is 11.7. The van der Waals surface area contributed by atoms with Crippen molar-refractivity contribution >= 4 is 22.5 Å². The van der Waals surface area contributed by atoms with E-state index in [0.29, 0.717) is 6.54 Å².